The van der Waals surface area contributed by atoms with Crippen molar-refractivity contribution in [3.8, 4) is 0 Å². The lowest BCUT2D eigenvalue weighted by Gasteiger charge is -2.47. The Morgan fingerprint density at radius 3 is 1.73 bits per heavy atom. The molecule has 0 saturated carbocycles. The molecule has 0 unspecified atom stereocenters. The maximum atomic E-state index is 14.2. The molecule has 0 spiro atoms. The van der Waals surface area contributed by atoms with Crippen molar-refractivity contribution in [2.75, 3.05) is 13.1 Å². The summed E-state index contributed by atoms with van der Waals surface area (Å²) in [6.07, 6.45) is -0.723. The van der Waals surface area contributed by atoms with Gasteiger partial charge >= 0.3 is 0 Å². The third-order valence-electron chi connectivity index (χ3n) is 7.68. The molecule has 0 radical (unpaired) electrons. The van der Waals surface area contributed by atoms with Gasteiger partial charge in [-0.1, -0.05) is 109 Å². The summed E-state index contributed by atoms with van der Waals surface area (Å²) >= 11 is 6.03. The number of benzene rings is 4. The van der Waals surface area contributed by atoms with Crippen LogP contribution < -0.4 is 5.32 Å². The highest BCUT2D eigenvalue weighted by Gasteiger charge is 2.50. The van der Waals surface area contributed by atoms with E-state index in [1.165, 1.54) is 0 Å². The second-order valence-electron chi connectivity index (χ2n) is 10.8. The molecule has 45 heavy (non-hydrogen) atoms. The van der Waals surface area contributed by atoms with E-state index in [9.17, 15) is 9.59 Å². The van der Waals surface area contributed by atoms with Gasteiger partial charge in [-0.3, -0.25) is 9.59 Å². The maximum Gasteiger partial charge on any atom is 0.255 e. The molecule has 1 saturated heterocycles. The lowest BCUT2D eigenvalue weighted by atomic mass is 9.91. The van der Waals surface area contributed by atoms with Gasteiger partial charge in [-0.05, 0) is 41.0 Å². The van der Waals surface area contributed by atoms with E-state index in [0.29, 0.717) is 10.6 Å². The van der Waals surface area contributed by atoms with Crippen molar-refractivity contribution in [2.24, 2.45) is 0 Å². The number of ether oxygens (including phenoxy) is 3. The minimum Gasteiger partial charge on any atom is -0.368 e. The maximum absolute atomic E-state index is 14.2. The molecule has 5 rings (SSSR count). The van der Waals surface area contributed by atoms with Gasteiger partial charge in [0.15, 0.2) is 6.10 Å². The SMILES string of the molecule is C=CCN1C(=O)[C@H](OCc2ccccc2)[C@H](OCc2ccccc2)[C@H](OCc2ccccc2)[C@H]1CNC(=O)c1ccc(Cl)cc1. The van der Waals surface area contributed by atoms with Crippen molar-refractivity contribution in [3.05, 3.63) is 155 Å². The van der Waals surface area contributed by atoms with Gasteiger partial charge in [-0.2, -0.15) is 0 Å². The van der Waals surface area contributed by atoms with E-state index in [1.807, 2.05) is 91.0 Å². The Kier molecular flexibility index (Phi) is 11.5. The van der Waals surface area contributed by atoms with Gasteiger partial charge in [0.2, 0.25) is 0 Å². The highest BCUT2D eigenvalue weighted by atomic mass is 35.5. The third kappa shape index (κ3) is 8.68. The van der Waals surface area contributed by atoms with E-state index >= 15 is 0 Å². The number of nitrogens with one attached hydrogen (secondary N) is 1. The van der Waals surface area contributed by atoms with Crippen molar-refractivity contribution >= 4 is 23.4 Å². The summed E-state index contributed by atoms with van der Waals surface area (Å²) in [5.74, 6) is -0.544. The molecule has 1 aliphatic rings. The molecule has 1 heterocycles. The predicted octanol–water partition coefficient (Wildman–Crippen LogP) is 6.22. The second kappa shape index (κ2) is 16.2. The Balaban J connectivity index is 1.47. The van der Waals surface area contributed by atoms with E-state index in [-0.39, 0.29) is 44.7 Å². The summed E-state index contributed by atoms with van der Waals surface area (Å²) in [7, 11) is 0. The average Bonchev–Trinajstić information content (AvgIpc) is 3.08. The molecule has 1 fully saturated rings. The van der Waals surface area contributed by atoms with Gasteiger partial charge in [-0.15, -0.1) is 6.58 Å². The fraction of sp³-hybridized carbons (Fsp3) is 0.243. The van der Waals surface area contributed by atoms with E-state index in [1.54, 1.807) is 35.2 Å². The summed E-state index contributed by atoms with van der Waals surface area (Å²) in [4.78, 5) is 29.1. The first-order chi connectivity index (χ1) is 22.0. The zero-order valence-corrected chi connectivity index (χ0v) is 25.7. The molecule has 2 amide bonds. The van der Waals surface area contributed by atoms with Crippen LogP contribution in [-0.2, 0) is 38.8 Å². The lowest BCUT2D eigenvalue weighted by Crippen LogP contribution is -2.68. The number of carbonyl (C=O) groups is 2. The molecule has 4 atom stereocenters. The number of amides is 2. The summed E-state index contributed by atoms with van der Waals surface area (Å²) in [5.41, 5.74) is 3.31. The third-order valence-corrected chi connectivity index (χ3v) is 7.93. The van der Waals surface area contributed by atoms with E-state index in [0.717, 1.165) is 16.7 Å². The van der Waals surface area contributed by atoms with Crippen LogP contribution in [0.4, 0.5) is 0 Å². The molecular weight excluding hydrogens is 588 g/mol. The molecule has 0 aromatic heterocycles. The molecule has 1 N–H and O–H groups in total. The van der Waals surface area contributed by atoms with Crippen LogP contribution >= 0.6 is 11.6 Å². The summed E-state index contributed by atoms with van der Waals surface area (Å²) in [6, 6.07) is 35.4. The summed E-state index contributed by atoms with van der Waals surface area (Å²) < 4.78 is 19.6. The van der Waals surface area contributed by atoms with Crippen LogP contribution in [0.5, 0.6) is 0 Å². The number of piperidine rings is 1. The Hall–Kier alpha value is -4.27. The van der Waals surface area contributed by atoms with Crippen LogP contribution in [-0.4, -0.2) is 54.2 Å². The highest BCUT2D eigenvalue weighted by Crippen LogP contribution is 2.29. The van der Waals surface area contributed by atoms with Crippen LogP contribution in [0.25, 0.3) is 0 Å². The Bertz CT molecular complexity index is 1520. The number of hydrogen-bond donors (Lipinski definition) is 1. The molecule has 7 nitrogen and oxygen atoms in total. The van der Waals surface area contributed by atoms with Crippen LogP contribution in [0.15, 0.2) is 128 Å². The average molecular weight is 625 g/mol. The van der Waals surface area contributed by atoms with Gasteiger partial charge < -0.3 is 24.4 Å². The van der Waals surface area contributed by atoms with Crippen LogP contribution in [0.1, 0.15) is 27.0 Å². The predicted molar refractivity (Wildman–Crippen MR) is 175 cm³/mol. The quantitative estimate of drug-likeness (QED) is 0.169. The van der Waals surface area contributed by atoms with E-state index in [2.05, 4.69) is 11.9 Å². The first kappa shape index (κ1) is 32.1. The molecule has 232 valence electrons. The van der Waals surface area contributed by atoms with Gasteiger partial charge in [0, 0.05) is 23.7 Å². The highest BCUT2D eigenvalue weighted by molar-refractivity contribution is 6.30. The van der Waals surface area contributed by atoms with Crippen molar-refractivity contribution < 1.29 is 23.8 Å². The molecule has 8 heteroatoms. The monoisotopic (exact) mass is 624 g/mol. The van der Waals surface area contributed by atoms with Gasteiger partial charge in [0.25, 0.3) is 11.8 Å². The van der Waals surface area contributed by atoms with Crippen LogP contribution in [0, 0.1) is 0 Å². The van der Waals surface area contributed by atoms with Gasteiger partial charge in [-0.25, -0.2) is 0 Å². The van der Waals surface area contributed by atoms with Crippen molar-refractivity contribution in [3.63, 3.8) is 0 Å². The number of carbonyl (C=O) groups excluding carboxylic acids is 2. The Morgan fingerprint density at radius 2 is 1.22 bits per heavy atom. The zero-order chi connectivity index (χ0) is 31.4. The minimum atomic E-state index is -0.960. The molecule has 0 bridgehead atoms. The first-order valence-corrected chi connectivity index (χ1v) is 15.3. The fourth-order valence-electron chi connectivity index (χ4n) is 5.38. The van der Waals surface area contributed by atoms with Crippen molar-refractivity contribution in [1.29, 1.82) is 0 Å². The Labute approximate surface area is 269 Å². The van der Waals surface area contributed by atoms with Crippen molar-refractivity contribution in [2.45, 2.75) is 44.2 Å². The molecule has 1 aliphatic heterocycles. The number of likely N-dealkylation sites (tertiary alicyclic amines) is 1. The number of rotatable bonds is 14. The fourth-order valence-corrected chi connectivity index (χ4v) is 5.50. The molecule has 4 aromatic rings. The first-order valence-electron chi connectivity index (χ1n) is 14.9. The standard InChI is InChI=1S/C37H37ClN2O5/c1-2-22-40-32(23-39-36(41)30-18-20-31(38)21-19-30)33(43-24-27-12-6-3-7-13-27)34(44-25-28-14-8-4-9-15-28)35(37(40)42)45-26-29-16-10-5-11-17-29/h2-21,32-35H,1,22-26H2,(H,39,41)/t32-,33-,34-,35-/m1/s1. The topological polar surface area (TPSA) is 77.1 Å². The minimum absolute atomic E-state index is 0.122. The number of halogens is 1. The molecular formula is C37H37ClN2O5. The molecule has 0 aliphatic carbocycles. The summed E-state index contributed by atoms with van der Waals surface area (Å²) in [6.45, 7) is 5.00. The second-order valence-corrected chi connectivity index (χ2v) is 11.2. The van der Waals surface area contributed by atoms with Gasteiger partial charge in [0.1, 0.15) is 12.2 Å². The lowest BCUT2D eigenvalue weighted by molar-refractivity contribution is -0.207. The largest absolute Gasteiger partial charge is 0.368 e. The van der Waals surface area contributed by atoms with E-state index in [4.69, 9.17) is 25.8 Å². The molecule has 4 aromatic carbocycles. The van der Waals surface area contributed by atoms with Crippen LogP contribution in [0.3, 0.4) is 0 Å². The summed E-state index contributed by atoms with van der Waals surface area (Å²) in [5, 5.41) is 3.54. The van der Waals surface area contributed by atoms with Crippen molar-refractivity contribution in [1.82, 2.24) is 10.2 Å². The normalized spacial score (nSPS) is 19.7. The number of nitrogens with zero attached hydrogens (tertiary/aromatic N) is 1. The zero-order valence-electron chi connectivity index (χ0n) is 25.0. The van der Waals surface area contributed by atoms with Gasteiger partial charge in [0.05, 0.1) is 25.9 Å². The Morgan fingerprint density at radius 1 is 0.733 bits per heavy atom. The number of hydrogen-bond acceptors (Lipinski definition) is 5. The van der Waals surface area contributed by atoms with E-state index < -0.39 is 24.4 Å². The van der Waals surface area contributed by atoms with Crippen LogP contribution in [0.2, 0.25) is 5.02 Å². The smallest absolute Gasteiger partial charge is 0.255 e.